The summed E-state index contributed by atoms with van der Waals surface area (Å²) in [7, 11) is -3.59. The molecule has 4 nitrogen and oxygen atoms in total. The summed E-state index contributed by atoms with van der Waals surface area (Å²) < 4.78 is 26.9. The molecule has 2 aromatic rings. The van der Waals surface area contributed by atoms with Crippen molar-refractivity contribution in [2.45, 2.75) is 25.6 Å². The Balaban J connectivity index is 2.14. The minimum absolute atomic E-state index is 0.142. The first-order valence-electron chi connectivity index (χ1n) is 6.91. The van der Waals surface area contributed by atoms with Gasteiger partial charge in [0.05, 0.1) is 11.8 Å². The first-order valence-corrected chi connectivity index (χ1v) is 8.56. The summed E-state index contributed by atoms with van der Waals surface area (Å²) in [5.41, 5.74) is 3.46. The second kappa shape index (κ2) is 6.73. The normalized spacial score (nSPS) is 12.6. The van der Waals surface area contributed by atoms with Gasteiger partial charge in [-0.2, -0.15) is 9.98 Å². The third-order valence-corrected chi connectivity index (χ3v) is 4.62. The fourth-order valence-corrected chi connectivity index (χ4v) is 3.32. The number of nitrogens with one attached hydrogen (secondary N) is 1. The Hall–Kier alpha value is -2.16. The van der Waals surface area contributed by atoms with Gasteiger partial charge in [-0.1, -0.05) is 59.7 Å². The first kappa shape index (κ1) is 16.2. The minimum atomic E-state index is -3.59. The maximum absolute atomic E-state index is 12.2. The van der Waals surface area contributed by atoms with Crippen molar-refractivity contribution in [1.29, 1.82) is 5.26 Å². The van der Waals surface area contributed by atoms with Crippen LogP contribution in [0.25, 0.3) is 0 Å². The molecule has 0 bridgehead atoms. The van der Waals surface area contributed by atoms with Gasteiger partial charge in [0.25, 0.3) is 0 Å². The van der Waals surface area contributed by atoms with Crippen molar-refractivity contribution in [3.8, 4) is 6.07 Å². The highest BCUT2D eigenvalue weighted by atomic mass is 32.2. The Kier molecular flexibility index (Phi) is 4.96. The number of nitriles is 1. The van der Waals surface area contributed by atoms with Crippen LogP contribution in [-0.4, -0.2) is 8.42 Å². The van der Waals surface area contributed by atoms with E-state index in [0.717, 1.165) is 11.1 Å². The van der Waals surface area contributed by atoms with Gasteiger partial charge in [0.15, 0.2) is 0 Å². The van der Waals surface area contributed by atoms with Crippen LogP contribution in [0.3, 0.4) is 0 Å². The third kappa shape index (κ3) is 4.42. The summed E-state index contributed by atoms with van der Waals surface area (Å²) in [6, 6.07) is 15.6. The molecule has 0 saturated carbocycles. The van der Waals surface area contributed by atoms with Crippen molar-refractivity contribution in [3.63, 3.8) is 0 Å². The van der Waals surface area contributed by atoms with Crippen LogP contribution in [0.15, 0.2) is 48.5 Å². The van der Waals surface area contributed by atoms with Gasteiger partial charge in [-0.15, -0.1) is 0 Å². The standard InChI is InChI=1S/C17H18N2O2S/c1-13-3-7-15(8-4-13)12-22(20,21)19-17(11-18)16-9-5-14(2)6-10-16/h3-10,17,19H,12H2,1-2H3. The molecule has 0 spiro atoms. The van der Waals surface area contributed by atoms with E-state index in [2.05, 4.69) is 4.72 Å². The second-order valence-corrected chi connectivity index (χ2v) is 7.09. The zero-order valence-corrected chi connectivity index (χ0v) is 13.4. The molecule has 1 unspecified atom stereocenters. The van der Waals surface area contributed by atoms with Gasteiger partial charge < -0.3 is 0 Å². The molecule has 1 atom stereocenters. The summed E-state index contributed by atoms with van der Waals surface area (Å²) in [4.78, 5) is 0. The van der Waals surface area contributed by atoms with Crippen LogP contribution in [0.5, 0.6) is 0 Å². The molecule has 5 heteroatoms. The van der Waals surface area contributed by atoms with E-state index in [1.807, 2.05) is 44.2 Å². The number of hydrogen-bond acceptors (Lipinski definition) is 3. The minimum Gasteiger partial charge on any atom is -0.212 e. The van der Waals surface area contributed by atoms with E-state index in [-0.39, 0.29) is 5.75 Å². The SMILES string of the molecule is Cc1ccc(CS(=O)(=O)NC(C#N)c2ccc(C)cc2)cc1. The lowest BCUT2D eigenvalue weighted by Crippen LogP contribution is -2.29. The highest BCUT2D eigenvalue weighted by molar-refractivity contribution is 7.88. The van der Waals surface area contributed by atoms with Gasteiger partial charge in [-0.3, -0.25) is 0 Å². The third-order valence-electron chi connectivity index (χ3n) is 3.31. The average Bonchev–Trinajstić information content (AvgIpc) is 2.48. The molecule has 2 rings (SSSR count). The molecule has 0 heterocycles. The van der Waals surface area contributed by atoms with Crippen molar-refractivity contribution in [2.24, 2.45) is 0 Å². The van der Waals surface area contributed by atoms with Crippen LogP contribution in [0.2, 0.25) is 0 Å². The molecular weight excluding hydrogens is 296 g/mol. The zero-order chi connectivity index (χ0) is 16.2. The maximum atomic E-state index is 12.2. The van der Waals surface area contributed by atoms with Crippen molar-refractivity contribution in [1.82, 2.24) is 4.72 Å². The van der Waals surface area contributed by atoms with E-state index in [9.17, 15) is 13.7 Å². The lowest BCUT2D eigenvalue weighted by Gasteiger charge is -2.13. The Bertz CT molecular complexity index is 773. The van der Waals surface area contributed by atoms with E-state index >= 15 is 0 Å². The van der Waals surface area contributed by atoms with Gasteiger partial charge in [0, 0.05) is 0 Å². The number of sulfonamides is 1. The molecule has 0 aliphatic carbocycles. The fraction of sp³-hybridized carbons (Fsp3) is 0.235. The lowest BCUT2D eigenvalue weighted by atomic mass is 10.1. The number of hydrogen-bond donors (Lipinski definition) is 1. The van der Waals surface area contributed by atoms with E-state index < -0.39 is 16.1 Å². The van der Waals surface area contributed by atoms with Crippen molar-refractivity contribution < 1.29 is 8.42 Å². The smallest absolute Gasteiger partial charge is 0.212 e. The quantitative estimate of drug-likeness (QED) is 0.922. The molecule has 114 valence electrons. The molecule has 2 aromatic carbocycles. The molecule has 0 amide bonds. The largest absolute Gasteiger partial charge is 0.217 e. The number of benzene rings is 2. The fourth-order valence-electron chi connectivity index (χ4n) is 2.05. The van der Waals surface area contributed by atoms with Gasteiger partial charge in [-0.25, -0.2) is 8.42 Å². The summed E-state index contributed by atoms with van der Waals surface area (Å²) >= 11 is 0. The Morgan fingerprint density at radius 1 is 1.00 bits per heavy atom. The molecule has 0 aliphatic rings. The zero-order valence-electron chi connectivity index (χ0n) is 12.6. The Morgan fingerprint density at radius 3 is 2.00 bits per heavy atom. The molecule has 0 radical (unpaired) electrons. The Morgan fingerprint density at radius 2 is 1.50 bits per heavy atom. The molecule has 0 aliphatic heterocycles. The number of nitrogens with zero attached hydrogens (tertiary/aromatic N) is 1. The van der Waals surface area contributed by atoms with E-state index in [0.29, 0.717) is 11.1 Å². The van der Waals surface area contributed by atoms with E-state index in [4.69, 9.17) is 0 Å². The van der Waals surface area contributed by atoms with Crippen molar-refractivity contribution in [3.05, 3.63) is 70.8 Å². The predicted molar refractivity (Wildman–Crippen MR) is 86.5 cm³/mol. The first-order chi connectivity index (χ1) is 10.4. The highest BCUT2D eigenvalue weighted by Gasteiger charge is 2.19. The lowest BCUT2D eigenvalue weighted by molar-refractivity contribution is 0.574. The molecule has 1 N–H and O–H groups in total. The van der Waals surface area contributed by atoms with Crippen LogP contribution in [0.4, 0.5) is 0 Å². The molecule has 0 saturated heterocycles. The molecular formula is C17H18N2O2S. The van der Waals surface area contributed by atoms with Gasteiger partial charge in [0.2, 0.25) is 10.0 Å². The van der Waals surface area contributed by atoms with Gasteiger partial charge in [-0.05, 0) is 25.0 Å². The summed E-state index contributed by atoms with van der Waals surface area (Å²) in [6.07, 6.45) is 0. The van der Waals surface area contributed by atoms with E-state index in [1.165, 1.54) is 0 Å². The monoisotopic (exact) mass is 314 g/mol. The average molecular weight is 314 g/mol. The van der Waals surface area contributed by atoms with Crippen LogP contribution >= 0.6 is 0 Å². The summed E-state index contributed by atoms with van der Waals surface area (Å²) in [5.74, 6) is -0.142. The molecule has 0 aromatic heterocycles. The highest BCUT2D eigenvalue weighted by Crippen LogP contribution is 2.16. The van der Waals surface area contributed by atoms with E-state index in [1.54, 1.807) is 24.3 Å². The molecule has 22 heavy (non-hydrogen) atoms. The maximum Gasteiger partial charge on any atom is 0.217 e. The van der Waals surface area contributed by atoms with Crippen molar-refractivity contribution >= 4 is 10.0 Å². The summed E-state index contributed by atoms with van der Waals surface area (Å²) in [6.45, 7) is 3.88. The van der Waals surface area contributed by atoms with Crippen LogP contribution in [0.1, 0.15) is 28.3 Å². The predicted octanol–water partition coefficient (Wildman–Crippen LogP) is 2.99. The number of aryl methyl sites for hydroxylation is 2. The molecule has 0 fully saturated rings. The van der Waals surface area contributed by atoms with Gasteiger partial charge in [0.1, 0.15) is 6.04 Å². The van der Waals surface area contributed by atoms with Crippen LogP contribution < -0.4 is 4.72 Å². The van der Waals surface area contributed by atoms with Gasteiger partial charge >= 0.3 is 0 Å². The van der Waals surface area contributed by atoms with Crippen LogP contribution in [-0.2, 0) is 15.8 Å². The Labute approximate surface area is 131 Å². The summed E-state index contributed by atoms with van der Waals surface area (Å²) in [5, 5.41) is 9.24. The van der Waals surface area contributed by atoms with Crippen LogP contribution in [0, 0.1) is 25.2 Å². The van der Waals surface area contributed by atoms with Crippen molar-refractivity contribution in [2.75, 3.05) is 0 Å². The second-order valence-electron chi connectivity index (χ2n) is 5.34. The number of rotatable bonds is 5. The topological polar surface area (TPSA) is 70.0 Å².